The summed E-state index contributed by atoms with van der Waals surface area (Å²) in [7, 11) is -3.43. The van der Waals surface area contributed by atoms with Crippen LogP contribution in [0.5, 0.6) is 0 Å². The zero-order valence-corrected chi connectivity index (χ0v) is 14.1. The van der Waals surface area contributed by atoms with Crippen LogP contribution in [0, 0.1) is 6.92 Å². The quantitative estimate of drug-likeness (QED) is 0.856. The van der Waals surface area contributed by atoms with Gasteiger partial charge >= 0.3 is 0 Å². The fourth-order valence-corrected chi connectivity index (χ4v) is 4.10. The first-order valence-corrected chi connectivity index (χ1v) is 9.14. The third kappa shape index (κ3) is 3.38. The molecule has 0 saturated carbocycles. The van der Waals surface area contributed by atoms with Gasteiger partial charge in [-0.15, -0.1) is 0 Å². The van der Waals surface area contributed by atoms with Gasteiger partial charge in [-0.25, -0.2) is 8.42 Å². The average Bonchev–Trinajstić information content (AvgIpc) is 2.90. The van der Waals surface area contributed by atoms with E-state index < -0.39 is 15.4 Å². The predicted octanol–water partition coefficient (Wildman–Crippen LogP) is 3.99. The monoisotopic (exact) mass is 328 g/mol. The van der Waals surface area contributed by atoms with Crippen LogP contribution in [-0.2, 0) is 20.2 Å². The first-order chi connectivity index (χ1) is 10.9. The van der Waals surface area contributed by atoms with Crippen LogP contribution in [0.4, 0.5) is 0 Å². The molecular weight excluding hydrogens is 308 g/mol. The third-order valence-corrected chi connectivity index (χ3v) is 5.77. The van der Waals surface area contributed by atoms with Crippen molar-refractivity contribution in [3.8, 4) is 0 Å². The Hall–Kier alpha value is -1.91. The molecule has 1 heterocycles. The molecule has 3 nitrogen and oxygen atoms in total. The van der Waals surface area contributed by atoms with Crippen molar-refractivity contribution in [1.82, 2.24) is 0 Å². The van der Waals surface area contributed by atoms with Crippen LogP contribution in [0.2, 0.25) is 0 Å². The molecule has 0 radical (unpaired) electrons. The van der Waals surface area contributed by atoms with E-state index in [-0.39, 0.29) is 0 Å². The van der Waals surface area contributed by atoms with Crippen molar-refractivity contribution >= 4 is 9.84 Å². The van der Waals surface area contributed by atoms with Gasteiger partial charge in [0.2, 0.25) is 0 Å². The minimum Gasteiger partial charge on any atom is -0.366 e. The van der Waals surface area contributed by atoms with Crippen molar-refractivity contribution in [2.24, 2.45) is 0 Å². The lowest BCUT2D eigenvalue weighted by Gasteiger charge is -2.23. The van der Waals surface area contributed by atoms with Gasteiger partial charge in [0.05, 0.1) is 17.1 Å². The molecule has 0 N–H and O–H groups in total. The molecule has 0 aliphatic carbocycles. The molecule has 0 aromatic heterocycles. The molecule has 1 atom stereocenters. The number of rotatable bonds is 3. The smallest absolute Gasteiger partial charge is 0.199 e. The maximum absolute atomic E-state index is 12.5. The molecule has 0 bridgehead atoms. The van der Waals surface area contributed by atoms with Gasteiger partial charge < -0.3 is 4.74 Å². The summed E-state index contributed by atoms with van der Waals surface area (Å²) >= 11 is 0. The number of hydrogen-bond acceptors (Lipinski definition) is 3. The largest absolute Gasteiger partial charge is 0.366 e. The first-order valence-electron chi connectivity index (χ1n) is 7.60. The Balaban J connectivity index is 1.86. The highest BCUT2D eigenvalue weighted by atomic mass is 32.2. The van der Waals surface area contributed by atoms with Crippen molar-refractivity contribution in [3.63, 3.8) is 0 Å². The van der Waals surface area contributed by atoms with Crippen LogP contribution in [0.15, 0.2) is 70.5 Å². The maximum atomic E-state index is 12.5. The summed E-state index contributed by atoms with van der Waals surface area (Å²) in [4.78, 5) is 0.323. The van der Waals surface area contributed by atoms with E-state index in [0.717, 1.165) is 16.7 Å². The van der Waals surface area contributed by atoms with E-state index in [1.807, 2.05) is 56.3 Å². The van der Waals surface area contributed by atoms with E-state index in [1.165, 1.54) is 5.41 Å². The van der Waals surface area contributed by atoms with E-state index in [9.17, 15) is 8.42 Å². The van der Waals surface area contributed by atoms with Gasteiger partial charge in [0.25, 0.3) is 0 Å². The number of sulfone groups is 1. The Bertz CT molecular complexity index is 821. The Morgan fingerprint density at radius 2 is 1.70 bits per heavy atom. The SMILES string of the molecule is Cc1ccc(S(=O)(=O)/C=C2/COC(C)(c3ccccc3)C2)cc1. The molecule has 2 aromatic rings. The minimum atomic E-state index is -3.43. The predicted molar refractivity (Wildman–Crippen MR) is 90.8 cm³/mol. The van der Waals surface area contributed by atoms with Crippen molar-refractivity contribution in [2.75, 3.05) is 6.61 Å². The van der Waals surface area contributed by atoms with E-state index in [2.05, 4.69) is 0 Å². The minimum absolute atomic E-state index is 0.323. The zero-order valence-electron chi connectivity index (χ0n) is 13.3. The summed E-state index contributed by atoms with van der Waals surface area (Å²) in [6.45, 7) is 4.28. The Kier molecular flexibility index (Phi) is 4.13. The highest BCUT2D eigenvalue weighted by Crippen LogP contribution is 2.38. The van der Waals surface area contributed by atoms with E-state index >= 15 is 0 Å². The summed E-state index contributed by atoms with van der Waals surface area (Å²) in [6, 6.07) is 16.8. The van der Waals surface area contributed by atoms with Gasteiger partial charge in [0.1, 0.15) is 0 Å². The fraction of sp³-hybridized carbons (Fsp3) is 0.263. The van der Waals surface area contributed by atoms with Gasteiger partial charge in [-0.05, 0) is 37.1 Å². The molecule has 0 spiro atoms. The lowest BCUT2D eigenvalue weighted by Crippen LogP contribution is -2.19. The Morgan fingerprint density at radius 1 is 1.04 bits per heavy atom. The summed E-state index contributed by atoms with van der Waals surface area (Å²) in [5, 5.41) is 1.37. The molecule has 1 saturated heterocycles. The van der Waals surface area contributed by atoms with Crippen LogP contribution in [0.1, 0.15) is 24.5 Å². The number of aryl methyl sites for hydroxylation is 1. The van der Waals surface area contributed by atoms with Gasteiger partial charge in [-0.1, -0.05) is 48.0 Å². The molecular formula is C19H20O3S. The van der Waals surface area contributed by atoms with Crippen molar-refractivity contribution in [2.45, 2.75) is 30.8 Å². The molecule has 1 unspecified atom stereocenters. The molecule has 23 heavy (non-hydrogen) atoms. The highest BCUT2D eigenvalue weighted by molar-refractivity contribution is 7.94. The average molecular weight is 328 g/mol. The fourth-order valence-electron chi connectivity index (χ4n) is 2.85. The van der Waals surface area contributed by atoms with Crippen LogP contribution in [0.3, 0.4) is 0 Å². The Morgan fingerprint density at radius 3 is 2.35 bits per heavy atom. The molecule has 120 valence electrons. The topological polar surface area (TPSA) is 43.4 Å². The molecule has 1 aliphatic heterocycles. The second kappa shape index (κ2) is 5.95. The van der Waals surface area contributed by atoms with Gasteiger partial charge in [0.15, 0.2) is 9.84 Å². The van der Waals surface area contributed by atoms with Gasteiger partial charge in [-0.3, -0.25) is 0 Å². The van der Waals surface area contributed by atoms with Crippen molar-refractivity contribution < 1.29 is 13.2 Å². The molecule has 1 fully saturated rings. The highest BCUT2D eigenvalue weighted by Gasteiger charge is 2.35. The van der Waals surface area contributed by atoms with E-state index in [1.54, 1.807) is 12.1 Å². The number of ether oxygens (including phenoxy) is 1. The van der Waals surface area contributed by atoms with Crippen molar-refractivity contribution in [1.29, 1.82) is 0 Å². The first kappa shape index (κ1) is 16.0. The van der Waals surface area contributed by atoms with E-state index in [0.29, 0.717) is 17.9 Å². The number of benzene rings is 2. The molecule has 0 amide bonds. The van der Waals surface area contributed by atoms with Crippen LogP contribution in [0.25, 0.3) is 0 Å². The molecule has 3 rings (SSSR count). The summed E-state index contributed by atoms with van der Waals surface area (Å²) in [6.07, 6.45) is 0.585. The number of hydrogen-bond donors (Lipinski definition) is 0. The lowest BCUT2D eigenvalue weighted by atomic mass is 9.92. The second-order valence-electron chi connectivity index (χ2n) is 6.20. The van der Waals surface area contributed by atoms with Crippen LogP contribution in [-0.4, -0.2) is 15.0 Å². The summed E-state index contributed by atoms with van der Waals surface area (Å²) < 4.78 is 30.9. The van der Waals surface area contributed by atoms with Crippen molar-refractivity contribution in [3.05, 3.63) is 76.7 Å². The standard InChI is InChI=1S/C19H20O3S/c1-15-8-10-18(11-9-15)23(20,21)14-16-12-19(2,22-13-16)17-6-4-3-5-7-17/h3-11,14H,12-13H2,1-2H3/b16-14+. The summed E-state index contributed by atoms with van der Waals surface area (Å²) in [5.74, 6) is 0. The summed E-state index contributed by atoms with van der Waals surface area (Å²) in [5.41, 5.74) is 2.45. The Labute approximate surface area is 137 Å². The third-order valence-electron chi connectivity index (χ3n) is 4.20. The van der Waals surface area contributed by atoms with Gasteiger partial charge in [-0.2, -0.15) is 0 Å². The lowest BCUT2D eigenvalue weighted by molar-refractivity contribution is 0.0177. The van der Waals surface area contributed by atoms with Gasteiger partial charge in [0, 0.05) is 11.8 Å². The molecule has 1 aliphatic rings. The molecule has 4 heteroatoms. The molecule has 2 aromatic carbocycles. The van der Waals surface area contributed by atoms with Crippen LogP contribution < -0.4 is 0 Å². The zero-order chi connectivity index (χ0) is 16.5. The second-order valence-corrected chi connectivity index (χ2v) is 7.99. The maximum Gasteiger partial charge on any atom is 0.199 e. The normalized spacial score (nSPS) is 23.3. The van der Waals surface area contributed by atoms with E-state index in [4.69, 9.17) is 4.74 Å². The van der Waals surface area contributed by atoms with Crippen LogP contribution >= 0.6 is 0 Å².